The molecular weight excluding hydrogens is 338 g/mol. The van der Waals surface area contributed by atoms with E-state index >= 15 is 0 Å². The van der Waals surface area contributed by atoms with Crippen molar-refractivity contribution in [3.8, 4) is 11.5 Å². The van der Waals surface area contributed by atoms with Crippen LogP contribution >= 0.6 is 0 Å². The zero-order chi connectivity index (χ0) is 18.9. The van der Waals surface area contributed by atoms with E-state index in [9.17, 15) is 9.59 Å². The molecule has 26 heavy (non-hydrogen) atoms. The van der Waals surface area contributed by atoms with Crippen LogP contribution in [0, 0.1) is 0 Å². The molecule has 0 aliphatic carbocycles. The molecule has 2 rings (SSSR count). The van der Waals surface area contributed by atoms with Crippen LogP contribution in [0.3, 0.4) is 0 Å². The molecule has 1 aromatic rings. The van der Waals surface area contributed by atoms with Gasteiger partial charge in [0.05, 0.1) is 25.7 Å². The van der Waals surface area contributed by atoms with E-state index in [-0.39, 0.29) is 24.5 Å². The average Bonchev–Trinajstić information content (AvgIpc) is 3.02. The molecule has 1 N–H and O–H groups in total. The van der Waals surface area contributed by atoms with Gasteiger partial charge in [-0.05, 0) is 44.0 Å². The number of hydrogen-bond donors (Lipinski definition) is 1. The summed E-state index contributed by atoms with van der Waals surface area (Å²) in [6.07, 6.45) is 1.32. The highest BCUT2D eigenvalue weighted by molar-refractivity contribution is 5.78. The van der Waals surface area contributed by atoms with Crippen LogP contribution in [0.5, 0.6) is 11.5 Å². The summed E-state index contributed by atoms with van der Waals surface area (Å²) in [6, 6.07) is 7.06. The van der Waals surface area contributed by atoms with Gasteiger partial charge in [0.15, 0.2) is 0 Å². The molecule has 0 aromatic heterocycles. The van der Waals surface area contributed by atoms with Crippen molar-refractivity contribution in [3.05, 3.63) is 24.3 Å². The number of aliphatic carboxylic acids is 1. The molecule has 0 saturated carbocycles. The Morgan fingerprint density at radius 3 is 2.42 bits per heavy atom. The highest BCUT2D eigenvalue weighted by Gasteiger charge is 2.36. The van der Waals surface area contributed by atoms with Crippen molar-refractivity contribution in [2.75, 3.05) is 26.9 Å². The van der Waals surface area contributed by atoms with E-state index in [1.165, 1.54) is 0 Å². The molecule has 7 nitrogen and oxygen atoms in total. The summed E-state index contributed by atoms with van der Waals surface area (Å²) in [5.74, 6) is 0.570. The maximum Gasteiger partial charge on any atom is 0.305 e. The van der Waals surface area contributed by atoms with Gasteiger partial charge in [0.25, 0.3) is 0 Å². The summed E-state index contributed by atoms with van der Waals surface area (Å²) in [4.78, 5) is 25.1. The smallest absolute Gasteiger partial charge is 0.305 e. The first-order chi connectivity index (χ1) is 12.5. The Labute approximate surface area is 153 Å². The van der Waals surface area contributed by atoms with Crippen LogP contribution in [0.4, 0.5) is 0 Å². The lowest BCUT2D eigenvalue weighted by Gasteiger charge is -2.23. The third-order valence-electron chi connectivity index (χ3n) is 4.38. The van der Waals surface area contributed by atoms with Crippen LogP contribution in [0.1, 0.15) is 32.6 Å². The monoisotopic (exact) mass is 365 g/mol. The van der Waals surface area contributed by atoms with Gasteiger partial charge in [-0.25, -0.2) is 0 Å². The second-order valence-electron chi connectivity index (χ2n) is 6.25. The van der Waals surface area contributed by atoms with Crippen molar-refractivity contribution in [2.45, 2.75) is 44.8 Å². The summed E-state index contributed by atoms with van der Waals surface area (Å²) in [5, 5.41) is 9.02. The minimum Gasteiger partial charge on any atom is -0.494 e. The zero-order valence-electron chi connectivity index (χ0n) is 15.3. The maximum atomic E-state index is 12.4. The van der Waals surface area contributed by atoms with Gasteiger partial charge in [0.1, 0.15) is 11.5 Å². The number of carboxylic acid groups (broad SMARTS) is 1. The Morgan fingerprint density at radius 2 is 1.85 bits per heavy atom. The van der Waals surface area contributed by atoms with Crippen molar-refractivity contribution in [1.82, 2.24) is 4.90 Å². The Balaban J connectivity index is 1.75. The normalized spacial score (nSPS) is 19.4. The lowest BCUT2D eigenvalue weighted by molar-refractivity contribution is -0.140. The van der Waals surface area contributed by atoms with Crippen molar-refractivity contribution in [3.63, 3.8) is 0 Å². The molecule has 2 unspecified atom stereocenters. The van der Waals surface area contributed by atoms with Gasteiger partial charge in [-0.2, -0.15) is 0 Å². The van der Waals surface area contributed by atoms with Gasteiger partial charge in [-0.3, -0.25) is 9.59 Å². The number of likely N-dealkylation sites (tertiary alicyclic amines) is 1. The van der Waals surface area contributed by atoms with Gasteiger partial charge >= 0.3 is 5.97 Å². The number of ether oxygens (including phenoxy) is 3. The molecule has 1 aromatic carbocycles. The molecule has 2 atom stereocenters. The molecule has 1 aliphatic rings. The third-order valence-corrected chi connectivity index (χ3v) is 4.38. The standard InChI is InChI=1S/C19H27NO6/c1-3-25-15-6-8-16(9-7-15)26-10-4-5-18(21)20-13-17(24-2)11-14(20)12-19(22)23/h6-9,14,17H,3-5,10-13H2,1-2H3,(H,22,23). The minimum absolute atomic E-state index is 0.0473. The molecule has 1 fully saturated rings. The maximum absolute atomic E-state index is 12.4. The Bertz CT molecular complexity index is 588. The molecule has 0 spiro atoms. The number of carbonyl (C=O) groups is 2. The molecule has 0 bridgehead atoms. The first-order valence-corrected chi connectivity index (χ1v) is 8.93. The molecule has 1 saturated heterocycles. The fraction of sp³-hybridized carbons (Fsp3) is 0.579. The minimum atomic E-state index is -0.900. The number of methoxy groups -OCH3 is 1. The topological polar surface area (TPSA) is 85.3 Å². The molecule has 1 heterocycles. The molecular formula is C19H27NO6. The Morgan fingerprint density at radius 1 is 1.19 bits per heavy atom. The highest BCUT2D eigenvalue weighted by Crippen LogP contribution is 2.24. The van der Waals surface area contributed by atoms with E-state index in [4.69, 9.17) is 19.3 Å². The van der Waals surface area contributed by atoms with E-state index in [2.05, 4.69) is 0 Å². The van der Waals surface area contributed by atoms with E-state index < -0.39 is 5.97 Å². The summed E-state index contributed by atoms with van der Waals surface area (Å²) in [6.45, 7) is 3.42. The van der Waals surface area contributed by atoms with E-state index in [1.807, 2.05) is 31.2 Å². The molecule has 1 aliphatic heterocycles. The van der Waals surface area contributed by atoms with Gasteiger partial charge in [0.2, 0.25) is 5.91 Å². The SMILES string of the molecule is CCOc1ccc(OCCCC(=O)N2CC(OC)CC2CC(=O)O)cc1. The van der Waals surface area contributed by atoms with Crippen LogP contribution < -0.4 is 9.47 Å². The van der Waals surface area contributed by atoms with Crippen molar-refractivity contribution < 1.29 is 28.9 Å². The number of rotatable bonds is 10. The zero-order valence-corrected chi connectivity index (χ0v) is 15.3. The van der Waals surface area contributed by atoms with Crippen LogP contribution in [0.15, 0.2) is 24.3 Å². The summed E-state index contributed by atoms with van der Waals surface area (Å²) in [7, 11) is 1.58. The van der Waals surface area contributed by atoms with Crippen LogP contribution in [0.25, 0.3) is 0 Å². The molecule has 7 heteroatoms. The number of hydrogen-bond acceptors (Lipinski definition) is 5. The number of nitrogens with zero attached hydrogens (tertiary/aromatic N) is 1. The number of carboxylic acids is 1. The Hall–Kier alpha value is -2.28. The van der Waals surface area contributed by atoms with Gasteiger partial charge < -0.3 is 24.2 Å². The van der Waals surface area contributed by atoms with Gasteiger partial charge in [-0.15, -0.1) is 0 Å². The van der Waals surface area contributed by atoms with Crippen molar-refractivity contribution in [1.29, 1.82) is 0 Å². The number of benzene rings is 1. The first-order valence-electron chi connectivity index (χ1n) is 8.93. The third kappa shape index (κ3) is 5.91. The fourth-order valence-electron chi connectivity index (χ4n) is 3.10. The molecule has 144 valence electrons. The van der Waals surface area contributed by atoms with E-state index in [0.717, 1.165) is 11.5 Å². The fourth-order valence-corrected chi connectivity index (χ4v) is 3.10. The summed E-state index contributed by atoms with van der Waals surface area (Å²) < 4.78 is 16.3. The summed E-state index contributed by atoms with van der Waals surface area (Å²) >= 11 is 0. The lowest BCUT2D eigenvalue weighted by Crippen LogP contribution is -2.37. The molecule has 1 amide bonds. The van der Waals surface area contributed by atoms with E-state index in [1.54, 1.807) is 12.0 Å². The number of amides is 1. The second-order valence-corrected chi connectivity index (χ2v) is 6.25. The van der Waals surface area contributed by atoms with E-state index in [0.29, 0.717) is 39.0 Å². The second kappa shape index (κ2) is 10.0. The van der Waals surface area contributed by atoms with Crippen molar-refractivity contribution >= 4 is 11.9 Å². The van der Waals surface area contributed by atoms with Crippen LogP contribution in [0.2, 0.25) is 0 Å². The quantitative estimate of drug-likeness (QED) is 0.641. The van der Waals surface area contributed by atoms with Crippen molar-refractivity contribution in [2.24, 2.45) is 0 Å². The largest absolute Gasteiger partial charge is 0.494 e. The highest BCUT2D eigenvalue weighted by atomic mass is 16.5. The predicted molar refractivity (Wildman–Crippen MR) is 95.5 cm³/mol. The summed E-state index contributed by atoms with van der Waals surface area (Å²) in [5.41, 5.74) is 0. The lowest BCUT2D eigenvalue weighted by atomic mass is 10.1. The number of carbonyl (C=O) groups excluding carboxylic acids is 1. The Kier molecular flexibility index (Phi) is 7.72. The first kappa shape index (κ1) is 20.0. The molecule has 0 radical (unpaired) electrons. The predicted octanol–water partition coefficient (Wildman–Crippen LogP) is 2.33. The average molecular weight is 365 g/mol. The van der Waals surface area contributed by atoms with Crippen LogP contribution in [-0.2, 0) is 14.3 Å². The van der Waals surface area contributed by atoms with Gasteiger partial charge in [-0.1, -0.05) is 0 Å². The van der Waals surface area contributed by atoms with Crippen LogP contribution in [-0.4, -0.2) is 60.9 Å². The van der Waals surface area contributed by atoms with Gasteiger partial charge in [0, 0.05) is 26.1 Å².